The van der Waals surface area contributed by atoms with Gasteiger partial charge in [-0.2, -0.15) is 0 Å². The van der Waals surface area contributed by atoms with Crippen molar-refractivity contribution in [3.8, 4) is 0 Å². The molecular weight excluding hydrogens is 369 g/mol. The highest BCUT2D eigenvalue weighted by atomic mass is 127. The molecule has 0 spiro atoms. The fourth-order valence-corrected chi connectivity index (χ4v) is 1.73. The molecule has 19 heavy (non-hydrogen) atoms. The SMILES string of the molecule is C=CC(=O)N(C)CC(=O)Nc1ccc(F)c(I)c1F. The third-order valence-corrected chi connectivity index (χ3v) is 3.23. The lowest BCUT2D eigenvalue weighted by Gasteiger charge is -2.15. The first-order valence-electron chi connectivity index (χ1n) is 5.17. The van der Waals surface area contributed by atoms with Crippen LogP contribution < -0.4 is 5.32 Å². The molecule has 0 saturated carbocycles. The second-order valence-corrected chi connectivity index (χ2v) is 4.75. The van der Waals surface area contributed by atoms with Crippen molar-refractivity contribution in [3.05, 3.63) is 40.0 Å². The van der Waals surface area contributed by atoms with Gasteiger partial charge in [0.25, 0.3) is 0 Å². The minimum absolute atomic E-state index is 0.129. The summed E-state index contributed by atoms with van der Waals surface area (Å²) < 4.78 is 26.5. The van der Waals surface area contributed by atoms with E-state index in [1.807, 2.05) is 0 Å². The normalized spacial score (nSPS) is 9.89. The monoisotopic (exact) mass is 380 g/mol. The number of anilines is 1. The molecule has 2 amide bonds. The number of rotatable bonds is 4. The number of hydrogen-bond acceptors (Lipinski definition) is 2. The van der Waals surface area contributed by atoms with E-state index in [0.29, 0.717) is 0 Å². The topological polar surface area (TPSA) is 49.4 Å². The Morgan fingerprint density at radius 3 is 2.68 bits per heavy atom. The molecule has 4 nitrogen and oxygen atoms in total. The molecule has 0 aliphatic carbocycles. The van der Waals surface area contributed by atoms with Gasteiger partial charge in [-0.1, -0.05) is 6.58 Å². The van der Waals surface area contributed by atoms with Crippen LogP contribution in [0.25, 0.3) is 0 Å². The number of likely N-dealkylation sites (N-methyl/N-ethyl adjacent to an activating group) is 1. The summed E-state index contributed by atoms with van der Waals surface area (Å²) in [5, 5.41) is 2.27. The molecule has 0 bridgehead atoms. The van der Waals surface area contributed by atoms with E-state index in [0.717, 1.165) is 23.1 Å². The van der Waals surface area contributed by atoms with Crippen LogP contribution in [0.2, 0.25) is 0 Å². The van der Waals surface area contributed by atoms with E-state index in [9.17, 15) is 18.4 Å². The van der Waals surface area contributed by atoms with Crippen molar-refractivity contribution in [1.82, 2.24) is 4.90 Å². The van der Waals surface area contributed by atoms with Gasteiger partial charge in [-0.3, -0.25) is 9.59 Å². The van der Waals surface area contributed by atoms with E-state index in [1.54, 1.807) is 0 Å². The lowest BCUT2D eigenvalue weighted by atomic mass is 10.3. The second-order valence-electron chi connectivity index (χ2n) is 3.67. The highest BCUT2D eigenvalue weighted by Gasteiger charge is 2.15. The average Bonchev–Trinajstić information content (AvgIpc) is 2.38. The maximum atomic E-state index is 13.6. The molecule has 0 unspecified atom stereocenters. The molecule has 0 aliphatic heterocycles. The highest BCUT2D eigenvalue weighted by Crippen LogP contribution is 2.22. The van der Waals surface area contributed by atoms with Gasteiger partial charge in [0.05, 0.1) is 15.8 Å². The Balaban J connectivity index is 2.75. The first kappa shape index (κ1) is 15.5. The molecule has 1 aromatic rings. The highest BCUT2D eigenvalue weighted by molar-refractivity contribution is 14.1. The standard InChI is InChI=1S/C12H11F2IN2O2/c1-3-10(19)17(2)6-9(18)16-8-5-4-7(13)12(15)11(8)14/h3-5H,1,6H2,2H3,(H,16,18). The van der Waals surface area contributed by atoms with Crippen molar-refractivity contribution >= 4 is 40.1 Å². The summed E-state index contributed by atoms with van der Waals surface area (Å²) in [7, 11) is 1.41. The zero-order valence-corrected chi connectivity index (χ0v) is 12.2. The lowest BCUT2D eigenvalue weighted by molar-refractivity contribution is -0.129. The Morgan fingerprint density at radius 2 is 2.11 bits per heavy atom. The Hall–Kier alpha value is -1.51. The fourth-order valence-electron chi connectivity index (χ4n) is 1.26. The van der Waals surface area contributed by atoms with Gasteiger partial charge in [0.15, 0.2) is 5.82 Å². The Bertz CT molecular complexity index is 535. The van der Waals surface area contributed by atoms with Gasteiger partial charge in [-0.15, -0.1) is 0 Å². The van der Waals surface area contributed by atoms with Gasteiger partial charge in [0.2, 0.25) is 11.8 Å². The number of carbonyl (C=O) groups is 2. The maximum Gasteiger partial charge on any atom is 0.246 e. The number of carbonyl (C=O) groups excluding carboxylic acids is 2. The van der Waals surface area contributed by atoms with Crippen LogP contribution in [0.15, 0.2) is 24.8 Å². The Morgan fingerprint density at radius 1 is 1.47 bits per heavy atom. The molecule has 0 aliphatic rings. The van der Waals surface area contributed by atoms with Crippen molar-refractivity contribution in [2.75, 3.05) is 18.9 Å². The first-order chi connectivity index (χ1) is 8.86. The molecular formula is C12H11F2IN2O2. The second kappa shape index (κ2) is 6.60. The molecule has 7 heteroatoms. The van der Waals surface area contributed by atoms with Crippen LogP contribution in [0.5, 0.6) is 0 Å². The number of nitrogens with zero attached hydrogens (tertiary/aromatic N) is 1. The minimum Gasteiger partial charge on any atom is -0.333 e. The molecule has 1 rings (SSSR count). The number of nitrogens with one attached hydrogen (secondary N) is 1. The zero-order valence-electron chi connectivity index (χ0n) is 10.0. The number of hydrogen-bond donors (Lipinski definition) is 1. The van der Waals surface area contributed by atoms with E-state index in [-0.39, 0.29) is 15.8 Å². The van der Waals surface area contributed by atoms with Crippen molar-refractivity contribution in [2.45, 2.75) is 0 Å². The van der Waals surface area contributed by atoms with E-state index in [4.69, 9.17) is 0 Å². The quantitative estimate of drug-likeness (QED) is 0.495. The number of benzene rings is 1. The molecule has 0 atom stereocenters. The van der Waals surface area contributed by atoms with Crippen molar-refractivity contribution in [3.63, 3.8) is 0 Å². The van der Waals surface area contributed by atoms with Crippen molar-refractivity contribution in [2.24, 2.45) is 0 Å². The first-order valence-corrected chi connectivity index (χ1v) is 6.25. The van der Waals surface area contributed by atoms with Gasteiger partial charge >= 0.3 is 0 Å². The predicted octanol–water partition coefficient (Wildman–Crippen LogP) is 2.15. The summed E-state index contributed by atoms with van der Waals surface area (Å²) in [5.74, 6) is -2.55. The van der Waals surface area contributed by atoms with Gasteiger partial charge in [-0.25, -0.2) is 8.78 Å². The van der Waals surface area contributed by atoms with Crippen LogP contribution in [-0.2, 0) is 9.59 Å². The van der Waals surface area contributed by atoms with Gasteiger partial charge in [0.1, 0.15) is 5.82 Å². The molecule has 1 aromatic carbocycles. The van der Waals surface area contributed by atoms with Crippen molar-refractivity contribution in [1.29, 1.82) is 0 Å². The Labute approximate surface area is 122 Å². The molecule has 0 saturated heterocycles. The summed E-state index contributed by atoms with van der Waals surface area (Å²) in [6, 6.07) is 2.18. The third kappa shape index (κ3) is 3.98. The summed E-state index contributed by atoms with van der Waals surface area (Å²) in [5.41, 5.74) is -0.129. The smallest absolute Gasteiger partial charge is 0.246 e. The minimum atomic E-state index is -0.841. The molecule has 0 heterocycles. The Kier molecular flexibility index (Phi) is 5.40. The van der Waals surface area contributed by atoms with Crippen LogP contribution in [-0.4, -0.2) is 30.3 Å². The van der Waals surface area contributed by atoms with Crippen molar-refractivity contribution < 1.29 is 18.4 Å². The summed E-state index contributed by atoms with van der Waals surface area (Å²) in [6.45, 7) is 3.03. The lowest BCUT2D eigenvalue weighted by Crippen LogP contribution is -2.34. The third-order valence-electron chi connectivity index (χ3n) is 2.24. The zero-order chi connectivity index (χ0) is 14.6. The number of amides is 2. The van der Waals surface area contributed by atoms with E-state index in [2.05, 4.69) is 11.9 Å². The molecule has 0 aromatic heterocycles. The van der Waals surface area contributed by atoms with Crippen LogP contribution in [0.3, 0.4) is 0 Å². The fraction of sp³-hybridized carbons (Fsp3) is 0.167. The van der Waals surface area contributed by atoms with Gasteiger partial charge < -0.3 is 10.2 Å². The molecule has 102 valence electrons. The van der Waals surface area contributed by atoms with Gasteiger partial charge in [0, 0.05) is 7.05 Å². The molecule has 0 fully saturated rings. The van der Waals surface area contributed by atoms with Crippen LogP contribution in [0.4, 0.5) is 14.5 Å². The van der Waals surface area contributed by atoms with Crippen LogP contribution in [0.1, 0.15) is 0 Å². The number of halogens is 3. The van der Waals surface area contributed by atoms with Crippen LogP contribution >= 0.6 is 22.6 Å². The van der Waals surface area contributed by atoms with Crippen LogP contribution in [0, 0.1) is 15.2 Å². The van der Waals surface area contributed by atoms with Gasteiger partial charge in [-0.05, 0) is 40.8 Å². The maximum absolute atomic E-state index is 13.6. The average molecular weight is 380 g/mol. The largest absolute Gasteiger partial charge is 0.333 e. The van der Waals surface area contributed by atoms with E-state index >= 15 is 0 Å². The summed E-state index contributed by atoms with van der Waals surface area (Å²) in [6.07, 6.45) is 1.06. The van der Waals surface area contributed by atoms with E-state index in [1.165, 1.54) is 29.6 Å². The van der Waals surface area contributed by atoms with E-state index < -0.39 is 23.4 Å². The predicted molar refractivity (Wildman–Crippen MR) is 75.5 cm³/mol. The molecule has 1 N–H and O–H groups in total. The summed E-state index contributed by atoms with van der Waals surface area (Å²) in [4.78, 5) is 23.9. The molecule has 0 radical (unpaired) electrons. The summed E-state index contributed by atoms with van der Waals surface area (Å²) >= 11 is 1.50.